The third-order valence-corrected chi connectivity index (χ3v) is 5.65. The van der Waals surface area contributed by atoms with Crippen LogP contribution < -0.4 is 0 Å². The van der Waals surface area contributed by atoms with E-state index in [-0.39, 0.29) is 11.9 Å². The first-order valence-electron chi connectivity index (χ1n) is 9.99. The largest absolute Gasteiger partial charge is 0.356 e. The van der Waals surface area contributed by atoms with E-state index in [4.69, 9.17) is 0 Å². The zero-order valence-corrected chi connectivity index (χ0v) is 16.1. The fraction of sp³-hybridized carbons (Fsp3) is 0.115. The van der Waals surface area contributed by atoms with Gasteiger partial charge in [0.1, 0.15) is 0 Å². The number of nitrogens with one attached hydrogen (secondary N) is 1. The Morgan fingerprint density at radius 1 is 0.897 bits per heavy atom. The Morgan fingerprint density at radius 3 is 2.38 bits per heavy atom. The van der Waals surface area contributed by atoms with Crippen LogP contribution in [0.25, 0.3) is 17.0 Å². The molecule has 0 radical (unpaired) electrons. The zero-order chi connectivity index (χ0) is 19.6. The maximum atomic E-state index is 13.2. The molecule has 1 aliphatic heterocycles. The highest BCUT2D eigenvalue weighted by Crippen LogP contribution is 2.38. The standard InChI is InChI=1S/C26H22N2O/c29-24(16-15-19-9-3-1-4-10-19)28-18-17-22-21-13-7-8-14-23(21)27-25(22)26(28)20-11-5-2-6-12-20/h1-16,26-27H,17-18H2. The number of hydrogen-bond acceptors (Lipinski definition) is 1. The van der Waals surface area contributed by atoms with Crippen LogP contribution in [-0.4, -0.2) is 22.3 Å². The number of para-hydroxylation sites is 1. The van der Waals surface area contributed by atoms with Crippen LogP contribution in [0.15, 0.2) is 91.0 Å². The number of carbonyl (C=O) groups is 1. The van der Waals surface area contributed by atoms with Gasteiger partial charge in [-0.2, -0.15) is 0 Å². The normalized spacial score (nSPS) is 16.3. The summed E-state index contributed by atoms with van der Waals surface area (Å²) in [5, 5.41) is 1.26. The van der Waals surface area contributed by atoms with Gasteiger partial charge in [-0.25, -0.2) is 0 Å². The van der Waals surface area contributed by atoms with Crippen molar-refractivity contribution in [1.82, 2.24) is 9.88 Å². The van der Waals surface area contributed by atoms with Crippen LogP contribution >= 0.6 is 0 Å². The third kappa shape index (κ3) is 3.25. The molecule has 29 heavy (non-hydrogen) atoms. The third-order valence-electron chi connectivity index (χ3n) is 5.65. The molecule has 1 N–H and O–H groups in total. The predicted molar refractivity (Wildman–Crippen MR) is 117 cm³/mol. The lowest BCUT2D eigenvalue weighted by Crippen LogP contribution is -2.39. The number of amides is 1. The average Bonchev–Trinajstić information content (AvgIpc) is 3.17. The molecule has 0 saturated heterocycles. The maximum Gasteiger partial charge on any atom is 0.247 e. The van der Waals surface area contributed by atoms with Crippen molar-refractivity contribution in [2.75, 3.05) is 6.54 Å². The number of carbonyl (C=O) groups excluding carboxylic acids is 1. The minimum absolute atomic E-state index is 0.0343. The number of fused-ring (bicyclic) bond motifs is 3. The van der Waals surface area contributed by atoms with E-state index < -0.39 is 0 Å². The van der Waals surface area contributed by atoms with Crippen molar-refractivity contribution in [2.24, 2.45) is 0 Å². The molecule has 0 saturated carbocycles. The van der Waals surface area contributed by atoms with Gasteiger partial charge in [0, 0.05) is 29.2 Å². The Balaban J connectivity index is 1.56. The molecule has 3 heteroatoms. The number of aromatic amines is 1. The van der Waals surface area contributed by atoms with Gasteiger partial charge in [0.05, 0.1) is 6.04 Å². The Bertz CT molecular complexity index is 1180. The number of H-pyrrole nitrogens is 1. The molecule has 2 heterocycles. The molecule has 0 spiro atoms. The first-order chi connectivity index (χ1) is 14.3. The predicted octanol–water partition coefficient (Wildman–Crippen LogP) is 5.36. The van der Waals surface area contributed by atoms with Crippen molar-refractivity contribution in [3.8, 4) is 0 Å². The zero-order valence-electron chi connectivity index (χ0n) is 16.1. The highest BCUT2D eigenvalue weighted by atomic mass is 16.2. The van der Waals surface area contributed by atoms with Crippen LogP contribution in [0, 0.1) is 0 Å². The van der Waals surface area contributed by atoms with Crippen molar-refractivity contribution in [3.05, 3.63) is 113 Å². The van der Waals surface area contributed by atoms with Crippen LogP contribution in [0.4, 0.5) is 0 Å². The number of nitrogens with zero attached hydrogens (tertiary/aromatic N) is 1. The van der Waals surface area contributed by atoms with Crippen molar-refractivity contribution >= 4 is 22.9 Å². The van der Waals surface area contributed by atoms with Gasteiger partial charge in [-0.05, 0) is 35.3 Å². The van der Waals surface area contributed by atoms with E-state index in [0.29, 0.717) is 6.54 Å². The first-order valence-corrected chi connectivity index (χ1v) is 9.99. The topological polar surface area (TPSA) is 36.1 Å². The minimum Gasteiger partial charge on any atom is -0.356 e. The van der Waals surface area contributed by atoms with Crippen LogP contribution in [0.5, 0.6) is 0 Å². The van der Waals surface area contributed by atoms with Gasteiger partial charge >= 0.3 is 0 Å². The van der Waals surface area contributed by atoms with E-state index >= 15 is 0 Å². The van der Waals surface area contributed by atoms with Crippen molar-refractivity contribution in [3.63, 3.8) is 0 Å². The van der Waals surface area contributed by atoms with E-state index in [9.17, 15) is 4.79 Å². The Labute approximate surface area is 170 Å². The number of rotatable bonds is 3. The lowest BCUT2D eigenvalue weighted by atomic mass is 9.92. The molecule has 1 atom stereocenters. The quantitative estimate of drug-likeness (QED) is 0.479. The monoisotopic (exact) mass is 378 g/mol. The molecule has 3 nitrogen and oxygen atoms in total. The van der Waals surface area contributed by atoms with Crippen LogP contribution in [0.3, 0.4) is 0 Å². The second-order valence-electron chi connectivity index (χ2n) is 7.40. The molecule has 1 amide bonds. The Hall–Kier alpha value is -3.59. The van der Waals surface area contributed by atoms with Gasteiger partial charge in [-0.1, -0.05) is 78.9 Å². The van der Waals surface area contributed by atoms with Gasteiger partial charge < -0.3 is 9.88 Å². The van der Waals surface area contributed by atoms with Crippen molar-refractivity contribution < 1.29 is 4.79 Å². The molecular weight excluding hydrogens is 356 g/mol. The van der Waals surface area contributed by atoms with Crippen LogP contribution in [0.2, 0.25) is 0 Å². The SMILES string of the molecule is O=C(C=Cc1ccccc1)N1CCc2c([nH]c3ccccc23)C1c1ccccc1. The molecule has 1 unspecified atom stereocenters. The lowest BCUT2D eigenvalue weighted by Gasteiger charge is -2.35. The van der Waals surface area contributed by atoms with Crippen molar-refractivity contribution in [2.45, 2.75) is 12.5 Å². The summed E-state index contributed by atoms with van der Waals surface area (Å²) in [6.45, 7) is 0.701. The molecule has 5 rings (SSSR count). The molecule has 0 bridgehead atoms. The molecule has 142 valence electrons. The fourth-order valence-electron chi connectivity index (χ4n) is 4.29. The highest BCUT2D eigenvalue weighted by Gasteiger charge is 2.33. The summed E-state index contributed by atoms with van der Waals surface area (Å²) >= 11 is 0. The molecule has 0 aliphatic carbocycles. The highest BCUT2D eigenvalue weighted by molar-refractivity contribution is 5.93. The summed E-state index contributed by atoms with van der Waals surface area (Å²) in [6.07, 6.45) is 4.44. The Kier molecular flexibility index (Phi) is 4.49. The van der Waals surface area contributed by atoms with E-state index in [0.717, 1.165) is 28.8 Å². The van der Waals surface area contributed by atoms with Gasteiger partial charge in [0.15, 0.2) is 0 Å². The lowest BCUT2D eigenvalue weighted by molar-refractivity contribution is -0.128. The van der Waals surface area contributed by atoms with E-state index in [2.05, 4.69) is 35.3 Å². The van der Waals surface area contributed by atoms with Gasteiger partial charge in [-0.15, -0.1) is 0 Å². The van der Waals surface area contributed by atoms with Gasteiger partial charge in [0.25, 0.3) is 0 Å². The second kappa shape index (κ2) is 7.44. The molecular formula is C26H22N2O. The Morgan fingerprint density at radius 2 is 1.59 bits per heavy atom. The van der Waals surface area contributed by atoms with Crippen LogP contribution in [0.1, 0.15) is 28.4 Å². The summed E-state index contributed by atoms with van der Waals surface area (Å²) in [5.41, 5.74) is 5.74. The van der Waals surface area contributed by atoms with E-state index in [1.54, 1.807) is 6.08 Å². The van der Waals surface area contributed by atoms with Crippen molar-refractivity contribution in [1.29, 1.82) is 0 Å². The number of aromatic nitrogens is 1. The summed E-state index contributed by atoms with van der Waals surface area (Å²) in [6, 6.07) is 28.5. The van der Waals surface area contributed by atoms with E-state index in [1.807, 2.05) is 65.6 Å². The fourth-order valence-corrected chi connectivity index (χ4v) is 4.29. The first kappa shape index (κ1) is 17.5. The molecule has 1 aromatic heterocycles. The minimum atomic E-state index is -0.111. The van der Waals surface area contributed by atoms with E-state index in [1.165, 1.54) is 10.9 Å². The smallest absolute Gasteiger partial charge is 0.247 e. The molecule has 4 aromatic rings. The summed E-state index contributed by atoms with van der Waals surface area (Å²) < 4.78 is 0. The van der Waals surface area contributed by atoms with Crippen LogP contribution in [-0.2, 0) is 11.2 Å². The summed E-state index contributed by atoms with van der Waals surface area (Å²) in [7, 11) is 0. The molecule has 1 aliphatic rings. The number of hydrogen-bond donors (Lipinski definition) is 1. The number of benzene rings is 3. The maximum absolute atomic E-state index is 13.2. The summed E-state index contributed by atoms with van der Waals surface area (Å²) in [4.78, 5) is 18.8. The average molecular weight is 378 g/mol. The van der Waals surface area contributed by atoms with Gasteiger partial charge in [-0.3, -0.25) is 4.79 Å². The molecule has 3 aromatic carbocycles. The van der Waals surface area contributed by atoms with Gasteiger partial charge in [0.2, 0.25) is 5.91 Å². The summed E-state index contributed by atoms with van der Waals surface area (Å²) in [5.74, 6) is 0.0343. The molecule has 0 fully saturated rings. The second-order valence-corrected chi connectivity index (χ2v) is 7.40.